The van der Waals surface area contributed by atoms with Crippen molar-refractivity contribution in [3.8, 4) is 0 Å². The summed E-state index contributed by atoms with van der Waals surface area (Å²) < 4.78 is 1.91. The predicted octanol–water partition coefficient (Wildman–Crippen LogP) is 2.31. The Morgan fingerprint density at radius 2 is 2.00 bits per heavy atom. The van der Waals surface area contributed by atoms with Crippen molar-refractivity contribution in [2.45, 2.75) is 63.6 Å². The van der Waals surface area contributed by atoms with E-state index in [9.17, 15) is 0 Å². The fourth-order valence-electron chi connectivity index (χ4n) is 3.92. The summed E-state index contributed by atoms with van der Waals surface area (Å²) in [5, 5.41) is 8.10. The van der Waals surface area contributed by atoms with Gasteiger partial charge >= 0.3 is 0 Å². The van der Waals surface area contributed by atoms with Crippen molar-refractivity contribution in [2.24, 2.45) is 7.05 Å². The summed E-state index contributed by atoms with van der Waals surface area (Å²) >= 11 is 0. The quantitative estimate of drug-likeness (QED) is 0.900. The Labute approximate surface area is 122 Å². The molecule has 0 aromatic carbocycles. The molecule has 1 aliphatic heterocycles. The van der Waals surface area contributed by atoms with Gasteiger partial charge in [0, 0.05) is 49.5 Å². The number of piperazine rings is 1. The highest BCUT2D eigenvalue weighted by molar-refractivity contribution is 5.09. The third-order valence-electron chi connectivity index (χ3n) is 5.07. The van der Waals surface area contributed by atoms with Crippen LogP contribution in [-0.4, -0.2) is 38.8 Å². The number of aryl methyl sites for hydroxylation is 1. The number of hydrogen-bond acceptors (Lipinski definition) is 3. The normalized spacial score (nSPS) is 25.9. The van der Waals surface area contributed by atoms with Crippen molar-refractivity contribution in [1.29, 1.82) is 0 Å². The third-order valence-corrected chi connectivity index (χ3v) is 5.07. The average Bonchev–Trinajstić information content (AvgIpc) is 2.81. The molecule has 1 N–H and O–H groups in total. The Bertz CT molecular complexity index is 457. The van der Waals surface area contributed by atoms with E-state index in [1.54, 1.807) is 0 Å². The van der Waals surface area contributed by atoms with Crippen LogP contribution in [0.4, 0.5) is 0 Å². The fraction of sp³-hybridized carbons (Fsp3) is 0.812. The average molecular weight is 276 g/mol. The molecule has 1 aromatic heterocycles. The van der Waals surface area contributed by atoms with Gasteiger partial charge in [0.25, 0.3) is 0 Å². The summed E-state index contributed by atoms with van der Waals surface area (Å²) in [5.74, 6) is 0. The molecule has 4 nitrogen and oxygen atoms in total. The maximum atomic E-state index is 4.33. The van der Waals surface area contributed by atoms with Crippen molar-refractivity contribution < 1.29 is 0 Å². The number of aromatic nitrogens is 2. The minimum absolute atomic E-state index is 0.213. The lowest BCUT2D eigenvalue weighted by molar-refractivity contribution is -0.0161. The maximum absolute atomic E-state index is 4.33. The molecule has 20 heavy (non-hydrogen) atoms. The van der Waals surface area contributed by atoms with Crippen LogP contribution < -0.4 is 5.32 Å². The molecule has 0 bridgehead atoms. The molecule has 1 aliphatic carbocycles. The van der Waals surface area contributed by atoms with Gasteiger partial charge < -0.3 is 5.32 Å². The van der Waals surface area contributed by atoms with Crippen LogP contribution in [0.1, 0.15) is 51.5 Å². The first-order valence-electron chi connectivity index (χ1n) is 7.97. The minimum Gasteiger partial charge on any atom is -0.309 e. The van der Waals surface area contributed by atoms with E-state index in [0.717, 1.165) is 19.6 Å². The van der Waals surface area contributed by atoms with Crippen molar-refractivity contribution in [1.82, 2.24) is 20.0 Å². The van der Waals surface area contributed by atoms with E-state index in [1.165, 1.54) is 37.7 Å². The van der Waals surface area contributed by atoms with Gasteiger partial charge in [0.1, 0.15) is 0 Å². The second kappa shape index (κ2) is 5.15. The molecule has 0 unspecified atom stereocenters. The van der Waals surface area contributed by atoms with Gasteiger partial charge in [-0.1, -0.05) is 19.3 Å². The van der Waals surface area contributed by atoms with Gasteiger partial charge in [0.05, 0.1) is 6.20 Å². The van der Waals surface area contributed by atoms with Gasteiger partial charge in [-0.25, -0.2) is 0 Å². The van der Waals surface area contributed by atoms with Crippen LogP contribution in [0.5, 0.6) is 0 Å². The fourth-order valence-corrected chi connectivity index (χ4v) is 3.92. The Morgan fingerprint density at radius 1 is 1.25 bits per heavy atom. The second-order valence-corrected chi connectivity index (χ2v) is 7.40. The molecule has 2 heterocycles. The molecule has 2 fully saturated rings. The van der Waals surface area contributed by atoms with Crippen LogP contribution in [0.15, 0.2) is 12.4 Å². The lowest BCUT2D eigenvalue weighted by Gasteiger charge is -2.54. The molecule has 1 saturated heterocycles. The third kappa shape index (κ3) is 2.77. The summed E-state index contributed by atoms with van der Waals surface area (Å²) in [6.07, 6.45) is 11.0. The first kappa shape index (κ1) is 14.1. The SMILES string of the molecule is Cn1cc(CN2CC(C)(C)NCC23CCCCC3)cn1. The van der Waals surface area contributed by atoms with Crippen LogP contribution in [0, 0.1) is 0 Å². The van der Waals surface area contributed by atoms with Crippen LogP contribution in [-0.2, 0) is 13.6 Å². The van der Waals surface area contributed by atoms with E-state index in [0.29, 0.717) is 5.54 Å². The van der Waals surface area contributed by atoms with E-state index < -0.39 is 0 Å². The number of hydrogen-bond donors (Lipinski definition) is 1. The van der Waals surface area contributed by atoms with Crippen molar-refractivity contribution in [3.05, 3.63) is 18.0 Å². The van der Waals surface area contributed by atoms with Crippen LogP contribution >= 0.6 is 0 Å². The zero-order chi connectivity index (χ0) is 14.2. The Kier molecular flexibility index (Phi) is 3.63. The van der Waals surface area contributed by atoms with Gasteiger partial charge in [-0.15, -0.1) is 0 Å². The molecule has 4 heteroatoms. The Hall–Kier alpha value is -0.870. The number of rotatable bonds is 2. The molecule has 1 saturated carbocycles. The first-order chi connectivity index (χ1) is 9.49. The van der Waals surface area contributed by atoms with E-state index >= 15 is 0 Å². The van der Waals surface area contributed by atoms with Gasteiger partial charge in [-0.05, 0) is 26.7 Å². The van der Waals surface area contributed by atoms with Crippen LogP contribution in [0.2, 0.25) is 0 Å². The molecule has 0 atom stereocenters. The lowest BCUT2D eigenvalue weighted by atomic mass is 9.76. The van der Waals surface area contributed by atoms with E-state index in [-0.39, 0.29) is 5.54 Å². The highest BCUT2D eigenvalue weighted by Gasteiger charge is 2.44. The molecular formula is C16H28N4. The minimum atomic E-state index is 0.213. The largest absolute Gasteiger partial charge is 0.309 e. The van der Waals surface area contributed by atoms with E-state index in [2.05, 4.69) is 35.4 Å². The van der Waals surface area contributed by atoms with Gasteiger partial charge in [-0.2, -0.15) is 5.10 Å². The van der Waals surface area contributed by atoms with Gasteiger partial charge in [0.2, 0.25) is 0 Å². The molecule has 1 spiro atoms. The van der Waals surface area contributed by atoms with E-state index in [1.807, 2.05) is 17.9 Å². The molecule has 0 amide bonds. The zero-order valence-electron chi connectivity index (χ0n) is 13.2. The molecule has 3 rings (SSSR count). The summed E-state index contributed by atoms with van der Waals surface area (Å²) in [6.45, 7) is 7.94. The molecule has 0 radical (unpaired) electrons. The smallest absolute Gasteiger partial charge is 0.0534 e. The molecule has 1 aromatic rings. The predicted molar refractivity (Wildman–Crippen MR) is 81.5 cm³/mol. The van der Waals surface area contributed by atoms with Crippen molar-refractivity contribution >= 4 is 0 Å². The summed E-state index contributed by atoms with van der Waals surface area (Å²) in [5.41, 5.74) is 1.93. The summed E-state index contributed by atoms with van der Waals surface area (Å²) in [6, 6.07) is 0. The topological polar surface area (TPSA) is 33.1 Å². The van der Waals surface area contributed by atoms with Crippen molar-refractivity contribution in [2.75, 3.05) is 13.1 Å². The zero-order valence-corrected chi connectivity index (χ0v) is 13.2. The molecule has 112 valence electrons. The highest BCUT2D eigenvalue weighted by atomic mass is 15.3. The number of nitrogens with one attached hydrogen (secondary N) is 1. The van der Waals surface area contributed by atoms with Gasteiger partial charge in [-0.3, -0.25) is 9.58 Å². The van der Waals surface area contributed by atoms with E-state index in [4.69, 9.17) is 0 Å². The first-order valence-corrected chi connectivity index (χ1v) is 7.97. The monoisotopic (exact) mass is 276 g/mol. The van der Waals surface area contributed by atoms with Crippen LogP contribution in [0.25, 0.3) is 0 Å². The molecular weight excluding hydrogens is 248 g/mol. The van der Waals surface area contributed by atoms with Crippen molar-refractivity contribution in [3.63, 3.8) is 0 Å². The Morgan fingerprint density at radius 3 is 2.65 bits per heavy atom. The standard InChI is InChI=1S/C16H28N4/c1-15(2)13-20(11-14-9-18-19(3)10-14)16(12-17-15)7-5-4-6-8-16/h9-10,17H,4-8,11-13H2,1-3H3. The lowest BCUT2D eigenvalue weighted by Crippen LogP contribution is -2.68. The highest BCUT2D eigenvalue weighted by Crippen LogP contribution is 2.37. The summed E-state index contributed by atoms with van der Waals surface area (Å²) in [7, 11) is 2.00. The summed E-state index contributed by atoms with van der Waals surface area (Å²) in [4.78, 5) is 2.74. The van der Waals surface area contributed by atoms with Crippen LogP contribution in [0.3, 0.4) is 0 Å². The second-order valence-electron chi connectivity index (χ2n) is 7.40. The molecule has 2 aliphatic rings. The number of nitrogens with zero attached hydrogens (tertiary/aromatic N) is 3. The maximum Gasteiger partial charge on any atom is 0.0534 e. The Balaban J connectivity index is 1.81. The van der Waals surface area contributed by atoms with Gasteiger partial charge in [0.15, 0.2) is 0 Å².